The summed E-state index contributed by atoms with van der Waals surface area (Å²) in [6.45, 7) is 0.880. The van der Waals surface area contributed by atoms with Crippen molar-refractivity contribution >= 4 is 16.6 Å². The highest BCUT2D eigenvalue weighted by molar-refractivity contribution is 5.79. The normalized spacial score (nSPS) is 14.1. The second kappa shape index (κ2) is 5.28. The van der Waals surface area contributed by atoms with Crippen LogP contribution < -0.4 is 5.32 Å². The average molecular weight is 276 g/mol. The average Bonchev–Trinajstić information content (AvgIpc) is 3.00. The summed E-state index contributed by atoms with van der Waals surface area (Å²) in [6.07, 6.45) is 7.10. The lowest BCUT2D eigenvalue weighted by atomic mass is 9.90. The Kier molecular flexibility index (Phi) is 3.15. The first-order valence-corrected chi connectivity index (χ1v) is 7.81. The van der Waals surface area contributed by atoms with Crippen molar-refractivity contribution in [2.45, 2.75) is 32.2 Å². The molecular weight excluding hydrogens is 256 g/mol. The Morgan fingerprint density at radius 2 is 1.95 bits per heavy atom. The smallest absolute Gasteiger partial charge is 0.0457 e. The van der Waals surface area contributed by atoms with E-state index in [0.29, 0.717) is 0 Å². The number of nitrogens with one attached hydrogen (secondary N) is 2. The molecule has 0 spiro atoms. The Bertz CT molecular complexity index is 770. The van der Waals surface area contributed by atoms with Crippen LogP contribution in [0.2, 0.25) is 0 Å². The summed E-state index contributed by atoms with van der Waals surface area (Å²) in [4.78, 5) is 3.28. The van der Waals surface area contributed by atoms with Crippen molar-refractivity contribution in [3.8, 4) is 0 Å². The molecule has 0 atom stereocenters. The Labute approximate surface area is 125 Å². The largest absolute Gasteiger partial charge is 0.381 e. The number of rotatable bonds is 3. The number of hydrogen-bond acceptors (Lipinski definition) is 1. The van der Waals surface area contributed by atoms with E-state index in [2.05, 4.69) is 52.8 Å². The zero-order chi connectivity index (χ0) is 14.1. The third-order valence-corrected chi connectivity index (χ3v) is 4.50. The number of fused-ring (bicyclic) bond motifs is 2. The van der Waals surface area contributed by atoms with E-state index in [9.17, 15) is 0 Å². The highest BCUT2D eigenvalue weighted by Crippen LogP contribution is 2.28. The Hall–Kier alpha value is -2.22. The number of hydrogen-bond donors (Lipinski definition) is 2. The van der Waals surface area contributed by atoms with Gasteiger partial charge in [-0.1, -0.05) is 24.3 Å². The molecule has 21 heavy (non-hydrogen) atoms. The second-order valence-corrected chi connectivity index (χ2v) is 5.90. The van der Waals surface area contributed by atoms with Crippen LogP contribution in [-0.4, -0.2) is 4.98 Å². The minimum atomic E-state index is 0.880. The minimum absolute atomic E-state index is 0.880. The molecule has 2 N–H and O–H groups in total. The van der Waals surface area contributed by atoms with Crippen molar-refractivity contribution in [3.05, 3.63) is 65.4 Å². The second-order valence-electron chi connectivity index (χ2n) is 5.90. The van der Waals surface area contributed by atoms with Gasteiger partial charge in [-0.05, 0) is 66.0 Å². The molecule has 0 amide bonds. The Morgan fingerprint density at radius 1 is 1.00 bits per heavy atom. The van der Waals surface area contributed by atoms with Crippen LogP contribution in [0.4, 0.5) is 5.69 Å². The van der Waals surface area contributed by atoms with Crippen LogP contribution in [0, 0.1) is 0 Å². The molecule has 0 radical (unpaired) electrons. The van der Waals surface area contributed by atoms with Crippen molar-refractivity contribution in [2.24, 2.45) is 0 Å². The molecule has 2 heteroatoms. The molecule has 2 nitrogen and oxygen atoms in total. The van der Waals surface area contributed by atoms with Gasteiger partial charge in [0.1, 0.15) is 0 Å². The van der Waals surface area contributed by atoms with Gasteiger partial charge in [-0.25, -0.2) is 0 Å². The standard InChI is InChI=1S/C19H20N2/c1-2-6-17-15(4-1)5-3-7-18(17)21-13-14-8-9-16-10-11-20-19(16)12-14/h3,5,7-12,20-21H,1-2,4,6,13H2. The number of H-pyrrole nitrogens is 1. The predicted molar refractivity (Wildman–Crippen MR) is 88.7 cm³/mol. The van der Waals surface area contributed by atoms with Crippen LogP contribution in [0.15, 0.2) is 48.7 Å². The van der Waals surface area contributed by atoms with Crippen molar-refractivity contribution < 1.29 is 0 Å². The molecule has 1 aromatic heterocycles. The molecule has 0 saturated carbocycles. The van der Waals surface area contributed by atoms with Crippen LogP contribution in [0.1, 0.15) is 29.5 Å². The van der Waals surface area contributed by atoms with Gasteiger partial charge >= 0.3 is 0 Å². The lowest BCUT2D eigenvalue weighted by molar-refractivity contribution is 0.686. The maximum Gasteiger partial charge on any atom is 0.0457 e. The van der Waals surface area contributed by atoms with E-state index in [1.165, 1.54) is 59.0 Å². The molecular formula is C19H20N2. The predicted octanol–water partition coefficient (Wildman–Crippen LogP) is 4.66. The topological polar surface area (TPSA) is 27.8 Å². The van der Waals surface area contributed by atoms with E-state index in [-0.39, 0.29) is 0 Å². The van der Waals surface area contributed by atoms with Gasteiger partial charge in [0.05, 0.1) is 0 Å². The SMILES string of the molecule is c1cc2c(c(NCc3ccc4cc[nH]c4c3)c1)CCCC2. The van der Waals surface area contributed by atoms with Crippen molar-refractivity contribution in [2.75, 3.05) is 5.32 Å². The summed E-state index contributed by atoms with van der Waals surface area (Å²) in [5, 5.41) is 4.91. The van der Waals surface area contributed by atoms with E-state index in [1.807, 2.05) is 6.20 Å². The number of benzene rings is 2. The molecule has 0 saturated heterocycles. The Balaban J connectivity index is 1.56. The number of aromatic amines is 1. The van der Waals surface area contributed by atoms with Gasteiger partial charge in [-0.3, -0.25) is 0 Å². The van der Waals surface area contributed by atoms with E-state index >= 15 is 0 Å². The van der Waals surface area contributed by atoms with Crippen molar-refractivity contribution in [3.63, 3.8) is 0 Å². The van der Waals surface area contributed by atoms with Gasteiger partial charge < -0.3 is 10.3 Å². The molecule has 106 valence electrons. The Morgan fingerprint density at radius 3 is 2.95 bits per heavy atom. The third-order valence-electron chi connectivity index (χ3n) is 4.50. The fourth-order valence-electron chi connectivity index (χ4n) is 3.35. The van der Waals surface area contributed by atoms with Crippen molar-refractivity contribution in [1.82, 2.24) is 4.98 Å². The fraction of sp³-hybridized carbons (Fsp3) is 0.263. The molecule has 0 bridgehead atoms. The first-order valence-electron chi connectivity index (χ1n) is 7.81. The summed E-state index contributed by atoms with van der Waals surface area (Å²) in [5.74, 6) is 0. The van der Waals surface area contributed by atoms with Crippen LogP contribution >= 0.6 is 0 Å². The summed E-state index contributed by atoms with van der Waals surface area (Å²) < 4.78 is 0. The maximum atomic E-state index is 3.63. The van der Waals surface area contributed by atoms with Crippen molar-refractivity contribution in [1.29, 1.82) is 0 Å². The summed E-state index contributed by atoms with van der Waals surface area (Å²) in [6, 6.07) is 15.4. The van der Waals surface area contributed by atoms with Gasteiger partial charge in [0, 0.05) is 23.9 Å². The first kappa shape index (κ1) is 12.5. The number of anilines is 1. The zero-order valence-electron chi connectivity index (χ0n) is 12.2. The van der Waals surface area contributed by atoms with Gasteiger partial charge in [0.15, 0.2) is 0 Å². The summed E-state index contributed by atoms with van der Waals surface area (Å²) >= 11 is 0. The molecule has 0 aliphatic heterocycles. The van der Waals surface area contributed by atoms with Crippen LogP contribution in [0.5, 0.6) is 0 Å². The molecule has 1 aliphatic carbocycles. The van der Waals surface area contributed by atoms with Gasteiger partial charge in [-0.15, -0.1) is 0 Å². The summed E-state index contributed by atoms with van der Waals surface area (Å²) in [5.41, 5.74) is 6.91. The van der Waals surface area contributed by atoms with Crippen LogP contribution in [0.3, 0.4) is 0 Å². The molecule has 0 unspecified atom stereocenters. The van der Waals surface area contributed by atoms with Crippen LogP contribution in [-0.2, 0) is 19.4 Å². The lowest BCUT2D eigenvalue weighted by Gasteiger charge is -2.20. The van der Waals surface area contributed by atoms with E-state index in [0.717, 1.165) is 6.54 Å². The molecule has 0 fully saturated rings. The summed E-state index contributed by atoms with van der Waals surface area (Å²) in [7, 11) is 0. The first-order chi connectivity index (χ1) is 10.4. The van der Waals surface area contributed by atoms with E-state index < -0.39 is 0 Å². The molecule has 2 aromatic carbocycles. The van der Waals surface area contributed by atoms with E-state index in [1.54, 1.807) is 0 Å². The molecule has 3 aromatic rings. The quantitative estimate of drug-likeness (QED) is 0.715. The molecule has 1 heterocycles. The zero-order valence-corrected chi connectivity index (χ0v) is 12.2. The third kappa shape index (κ3) is 2.42. The van der Waals surface area contributed by atoms with E-state index in [4.69, 9.17) is 0 Å². The monoisotopic (exact) mass is 276 g/mol. The van der Waals surface area contributed by atoms with Gasteiger partial charge in [-0.2, -0.15) is 0 Å². The number of aryl methyl sites for hydroxylation is 1. The van der Waals surface area contributed by atoms with Crippen LogP contribution in [0.25, 0.3) is 10.9 Å². The highest BCUT2D eigenvalue weighted by atomic mass is 14.9. The molecule has 4 rings (SSSR count). The fourth-order valence-corrected chi connectivity index (χ4v) is 3.35. The highest BCUT2D eigenvalue weighted by Gasteiger charge is 2.12. The minimum Gasteiger partial charge on any atom is -0.381 e. The van der Waals surface area contributed by atoms with Gasteiger partial charge in [0.25, 0.3) is 0 Å². The number of aromatic nitrogens is 1. The lowest BCUT2D eigenvalue weighted by Crippen LogP contribution is -2.08. The molecule has 1 aliphatic rings. The van der Waals surface area contributed by atoms with Gasteiger partial charge in [0.2, 0.25) is 0 Å². The maximum absolute atomic E-state index is 3.63.